The van der Waals surface area contributed by atoms with Crippen molar-refractivity contribution in [3.8, 4) is 5.75 Å². The summed E-state index contributed by atoms with van der Waals surface area (Å²) in [6.45, 7) is 1.72. The van der Waals surface area contributed by atoms with Crippen LogP contribution in [0.25, 0.3) is 10.8 Å². The minimum atomic E-state index is -0.962. The summed E-state index contributed by atoms with van der Waals surface area (Å²) < 4.78 is 19.9. The summed E-state index contributed by atoms with van der Waals surface area (Å²) in [7, 11) is 0. The van der Waals surface area contributed by atoms with Crippen molar-refractivity contribution in [2.75, 3.05) is 16.4 Å². The van der Waals surface area contributed by atoms with Gasteiger partial charge in [-0.1, -0.05) is 67.6 Å². The van der Waals surface area contributed by atoms with Crippen LogP contribution in [-0.4, -0.2) is 17.1 Å². The summed E-state index contributed by atoms with van der Waals surface area (Å²) in [4.78, 5) is 25.4. The molecule has 2 atom stereocenters. The Balaban J connectivity index is 1.54. The van der Waals surface area contributed by atoms with Crippen molar-refractivity contribution in [3.63, 3.8) is 0 Å². The molecule has 0 unspecified atom stereocenters. The van der Waals surface area contributed by atoms with Crippen LogP contribution in [0.3, 0.4) is 0 Å². The van der Waals surface area contributed by atoms with Gasteiger partial charge in [-0.05, 0) is 47.4 Å². The van der Waals surface area contributed by atoms with Crippen molar-refractivity contribution in [3.05, 3.63) is 108 Å². The van der Waals surface area contributed by atoms with E-state index in [-0.39, 0.29) is 0 Å². The summed E-state index contributed by atoms with van der Waals surface area (Å²) in [6.07, 6.45) is 1.13. The molecule has 2 amide bonds. The van der Waals surface area contributed by atoms with Crippen molar-refractivity contribution < 1.29 is 23.8 Å². The molecule has 0 aliphatic heterocycles. The highest BCUT2D eigenvalue weighted by Crippen LogP contribution is 2.31. The maximum Gasteiger partial charge on any atom is 0.412 e. The number of aromatic hydroxyl groups is 1. The second-order valence-electron chi connectivity index (χ2n) is 8.48. The molecule has 0 aliphatic carbocycles. The van der Waals surface area contributed by atoms with Gasteiger partial charge in [-0.3, -0.25) is 10.1 Å². The number of carbonyl (C=O) groups excluding carboxylic acids is 2. The second-order valence-corrected chi connectivity index (χ2v) is 8.48. The highest BCUT2D eigenvalue weighted by Gasteiger charge is 2.24. The van der Waals surface area contributed by atoms with E-state index < -0.39 is 35.6 Å². The topological polar surface area (TPSA) is 114 Å². The summed E-state index contributed by atoms with van der Waals surface area (Å²) in [5.41, 5.74) is 7.62. The van der Waals surface area contributed by atoms with Crippen LogP contribution in [0.4, 0.5) is 26.2 Å². The average Bonchev–Trinajstić information content (AvgIpc) is 2.89. The van der Waals surface area contributed by atoms with E-state index in [0.29, 0.717) is 22.6 Å². The van der Waals surface area contributed by atoms with Crippen LogP contribution in [0.2, 0.25) is 0 Å². The minimum absolute atomic E-state index is 0.313. The minimum Gasteiger partial charge on any atom is -0.505 e. The smallest absolute Gasteiger partial charge is 0.412 e. The number of nitrogens with one attached hydrogen (secondary N) is 2. The van der Waals surface area contributed by atoms with E-state index in [2.05, 4.69) is 10.6 Å². The molecular formula is C29H26FN3O4. The first-order valence-electron chi connectivity index (χ1n) is 11.6. The Kier molecular flexibility index (Phi) is 7.68. The monoisotopic (exact) mass is 499 g/mol. The van der Waals surface area contributed by atoms with Crippen LogP contribution in [0.15, 0.2) is 97.1 Å². The fourth-order valence-electron chi connectivity index (χ4n) is 3.89. The van der Waals surface area contributed by atoms with Crippen LogP contribution in [0, 0.1) is 11.7 Å². The van der Waals surface area contributed by atoms with Crippen LogP contribution >= 0.6 is 0 Å². The van der Waals surface area contributed by atoms with Crippen LogP contribution in [0.5, 0.6) is 5.75 Å². The van der Waals surface area contributed by atoms with Gasteiger partial charge in [0.05, 0.1) is 17.1 Å². The zero-order valence-electron chi connectivity index (χ0n) is 20.0. The van der Waals surface area contributed by atoms with Gasteiger partial charge >= 0.3 is 6.09 Å². The molecule has 0 heterocycles. The van der Waals surface area contributed by atoms with Gasteiger partial charge in [0.15, 0.2) is 11.6 Å². The van der Waals surface area contributed by atoms with Gasteiger partial charge < -0.3 is 20.9 Å². The number of nitrogens with two attached hydrogens (primary N) is 1. The molecule has 0 aliphatic rings. The largest absolute Gasteiger partial charge is 0.505 e. The Hall–Kier alpha value is -4.85. The lowest BCUT2D eigenvalue weighted by molar-refractivity contribution is -0.111. The van der Waals surface area contributed by atoms with Gasteiger partial charge in [0, 0.05) is 11.3 Å². The maximum absolute atomic E-state index is 14.2. The summed E-state index contributed by atoms with van der Waals surface area (Å²) in [5, 5.41) is 16.8. The standard InChI is InChI=1S/C29H26FN3O4/c1-18(13-16-27(35)32-25-11-5-4-10-23(25)31)28(20-14-15-26(34)22(30)17-20)37-29(36)33-24-12-6-8-19-7-2-3-9-21(19)24/h2-18,28,34H,31H2,1H3,(H,32,35)(H,33,36)/b16-13+/t18-,28-/m1/s1. The molecule has 0 bridgehead atoms. The number of nitrogen functional groups attached to an aromatic ring is 1. The van der Waals surface area contributed by atoms with E-state index in [0.717, 1.165) is 16.8 Å². The second kappa shape index (κ2) is 11.3. The number of hydrogen-bond acceptors (Lipinski definition) is 5. The van der Waals surface area contributed by atoms with Gasteiger partial charge in [0.2, 0.25) is 5.91 Å². The normalized spacial score (nSPS) is 12.7. The van der Waals surface area contributed by atoms with E-state index in [1.165, 1.54) is 18.2 Å². The molecule has 0 radical (unpaired) electrons. The number of phenolic OH excluding ortho intramolecular Hbond substituents is 1. The molecule has 188 valence electrons. The van der Waals surface area contributed by atoms with E-state index in [4.69, 9.17) is 10.5 Å². The molecule has 4 aromatic rings. The van der Waals surface area contributed by atoms with Crippen molar-refractivity contribution in [1.82, 2.24) is 0 Å². The lowest BCUT2D eigenvalue weighted by atomic mass is 9.96. The number of halogens is 1. The van der Waals surface area contributed by atoms with Crippen LogP contribution in [-0.2, 0) is 9.53 Å². The number of benzene rings is 4. The van der Waals surface area contributed by atoms with E-state index in [1.807, 2.05) is 36.4 Å². The number of rotatable bonds is 7. The average molecular weight is 500 g/mol. The van der Waals surface area contributed by atoms with Gasteiger partial charge in [0.1, 0.15) is 6.10 Å². The third-order valence-corrected chi connectivity index (χ3v) is 5.81. The first kappa shape index (κ1) is 25.2. The van der Waals surface area contributed by atoms with Gasteiger partial charge in [-0.25, -0.2) is 9.18 Å². The lowest BCUT2D eigenvalue weighted by Gasteiger charge is -2.23. The summed E-state index contributed by atoms with van der Waals surface area (Å²) in [5.74, 6) is -2.35. The zero-order valence-corrected chi connectivity index (χ0v) is 20.0. The molecule has 0 fully saturated rings. The Morgan fingerprint density at radius 3 is 2.43 bits per heavy atom. The fourth-order valence-corrected chi connectivity index (χ4v) is 3.89. The number of hydrogen-bond donors (Lipinski definition) is 4. The highest BCUT2D eigenvalue weighted by molar-refractivity contribution is 6.01. The Morgan fingerprint density at radius 1 is 0.946 bits per heavy atom. The molecule has 37 heavy (non-hydrogen) atoms. The zero-order chi connectivity index (χ0) is 26.4. The predicted octanol–water partition coefficient (Wildman–Crippen LogP) is 6.39. The molecule has 0 saturated carbocycles. The molecule has 8 heteroatoms. The molecule has 4 aromatic carbocycles. The van der Waals surface area contributed by atoms with Crippen molar-refractivity contribution in [2.45, 2.75) is 13.0 Å². The molecule has 0 saturated heterocycles. The molecule has 5 N–H and O–H groups in total. The summed E-state index contributed by atoms with van der Waals surface area (Å²) >= 11 is 0. The number of anilines is 3. The van der Waals surface area contributed by atoms with Crippen molar-refractivity contribution in [1.29, 1.82) is 0 Å². The maximum atomic E-state index is 14.2. The molecule has 4 rings (SSSR count). The number of para-hydroxylation sites is 2. The predicted molar refractivity (Wildman–Crippen MR) is 143 cm³/mol. The van der Waals surface area contributed by atoms with Gasteiger partial charge in [-0.2, -0.15) is 0 Å². The number of ether oxygens (including phenoxy) is 1. The molecule has 7 nitrogen and oxygen atoms in total. The van der Waals surface area contributed by atoms with Gasteiger partial charge in [-0.15, -0.1) is 0 Å². The third kappa shape index (κ3) is 6.24. The molecule has 0 spiro atoms. The van der Waals surface area contributed by atoms with Crippen LogP contribution in [0.1, 0.15) is 18.6 Å². The fraction of sp³-hybridized carbons (Fsp3) is 0.103. The third-order valence-electron chi connectivity index (χ3n) is 5.81. The van der Waals surface area contributed by atoms with E-state index >= 15 is 0 Å². The number of fused-ring (bicyclic) bond motifs is 1. The van der Waals surface area contributed by atoms with Crippen molar-refractivity contribution in [2.24, 2.45) is 5.92 Å². The molecule has 0 aromatic heterocycles. The Bertz CT molecular complexity index is 1470. The first-order chi connectivity index (χ1) is 17.8. The summed E-state index contributed by atoms with van der Waals surface area (Å²) in [6, 6.07) is 23.6. The number of phenols is 1. The van der Waals surface area contributed by atoms with Crippen LogP contribution < -0.4 is 16.4 Å². The Labute approximate surface area is 213 Å². The van der Waals surface area contributed by atoms with E-state index in [9.17, 15) is 19.1 Å². The Morgan fingerprint density at radius 2 is 1.65 bits per heavy atom. The molecular weight excluding hydrogens is 473 g/mol. The number of carbonyl (C=O) groups is 2. The SMILES string of the molecule is C[C@H](/C=C/C(=O)Nc1ccccc1N)[C@@H](OC(=O)Nc1cccc2ccccc12)c1ccc(O)c(F)c1. The highest BCUT2D eigenvalue weighted by atomic mass is 19.1. The quantitative estimate of drug-likeness (QED) is 0.174. The van der Waals surface area contributed by atoms with Crippen molar-refractivity contribution >= 4 is 39.8 Å². The van der Waals surface area contributed by atoms with Gasteiger partial charge in [0.25, 0.3) is 0 Å². The first-order valence-corrected chi connectivity index (χ1v) is 11.6. The lowest BCUT2D eigenvalue weighted by Crippen LogP contribution is -2.22. The van der Waals surface area contributed by atoms with E-state index in [1.54, 1.807) is 43.3 Å². The number of amides is 2.